The van der Waals surface area contributed by atoms with Crippen LogP contribution in [0.5, 0.6) is 0 Å². The van der Waals surface area contributed by atoms with Crippen molar-refractivity contribution in [2.75, 3.05) is 18.9 Å². The first-order valence-electron chi connectivity index (χ1n) is 12.9. The Morgan fingerprint density at radius 3 is 2.13 bits per heavy atom. The summed E-state index contributed by atoms with van der Waals surface area (Å²) in [6, 6.07) is 18.4. The summed E-state index contributed by atoms with van der Waals surface area (Å²) < 4.78 is 46.5. The molecule has 39 heavy (non-hydrogen) atoms. The van der Waals surface area contributed by atoms with E-state index in [0.29, 0.717) is 5.47 Å². The van der Waals surface area contributed by atoms with Crippen molar-refractivity contribution in [1.82, 2.24) is 5.32 Å². The van der Waals surface area contributed by atoms with Crippen LogP contribution >= 0.6 is 0 Å². The van der Waals surface area contributed by atoms with Gasteiger partial charge in [0, 0.05) is 23.7 Å². The van der Waals surface area contributed by atoms with Crippen molar-refractivity contribution in [1.29, 1.82) is 0 Å². The molecule has 0 saturated carbocycles. The van der Waals surface area contributed by atoms with E-state index >= 15 is 0 Å². The molecule has 0 atom stereocenters. The van der Waals surface area contributed by atoms with Crippen LogP contribution in [0.3, 0.4) is 0 Å². The van der Waals surface area contributed by atoms with Crippen molar-refractivity contribution in [3.05, 3.63) is 94.5 Å². The zero-order chi connectivity index (χ0) is 27.9. The predicted molar refractivity (Wildman–Crippen MR) is 148 cm³/mol. The summed E-state index contributed by atoms with van der Waals surface area (Å²) in [7, 11) is -0.925. The number of ether oxygens (including phenoxy) is 1. The second-order valence-corrected chi connectivity index (χ2v) is 10.9. The summed E-state index contributed by atoms with van der Waals surface area (Å²) in [6.45, 7) is 7.55. The molecule has 0 bridgehead atoms. The van der Waals surface area contributed by atoms with Crippen LogP contribution in [0.1, 0.15) is 50.3 Å². The van der Waals surface area contributed by atoms with Crippen molar-refractivity contribution >= 4 is 25.0 Å². The number of nitrogens with one attached hydrogen (secondary N) is 1. The molecule has 3 N–H and O–H groups in total. The van der Waals surface area contributed by atoms with Gasteiger partial charge in [0.25, 0.3) is 0 Å². The molecule has 0 radical (unpaired) electrons. The van der Waals surface area contributed by atoms with Crippen molar-refractivity contribution < 1.29 is 27.6 Å². The van der Waals surface area contributed by atoms with Crippen LogP contribution < -0.4 is 11.1 Å². The van der Waals surface area contributed by atoms with Crippen LogP contribution in [0, 0.1) is 11.6 Å². The zero-order valence-corrected chi connectivity index (χ0v) is 22.4. The summed E-state index contributed by atoms with van der Waals surface area (Å²) in [5, 5.41) is 2.71. The molecule has 202 valence electrons. The number of carbonyl (C=O) groups is 1. The van der Waals surface area contributed by atoms with E-state index in [1.165, 1.54) is 12.1 Å². The Morgan fingerprint density at radius 2 is 1.54 bits per heavy atom. The first-order valence-corrected chi connectivity index (χ1v) is 12.9. The summed E-state index contributed by atoms with van der Waals surface area (Å²) in [4.78, 5) is 12.8. The number of nitrogen functional groups attached to an aromatic ring is 1. The number of anilines is 1. The first-order chi connectivity index (χ1) is 18.5. The number of benzene rings is 3. The minimum atomic E-state index is -1.09. The molecule has 1 aliphatic heterocycles. The van der Waals surface area contributed by atoms with Gasteiger partial charge in [0.2, 0.25) is 0 Å². The minimum Gasteiger partial charge on any atom is -0.449 e. The lowest BCUT2D eigenvalue weighted by atomic mass is 9.76. The zero-order valence-electron chi connectivity index (χ0n) is 22.4. The van der Waals surface area contributed by atoms with Gasteiger partial charge >= 0.3 is 13.2 Å². The fraction of sp³-hybridized carbons (Fsp3) is 0.300. The van der Waals surface area contributed by atoms with E-state index in [2.05, 4.69) is 17.4 Å². The summed E-state index contributed by atoms with van der Waals surface area (Å²) >= 11 is 0. The first kappa shape index (κ1) is 26.9. The Bertz CT molecular complexity index is 1400. The SMILES string of the molecule is CC1(C)OB(C(=Cc2c(N)ccc(F)c2F)CNC(=O)OCC2c3ccccc3-c3ccccc32)OC1(C)C. The highest BCUT2D eigenvalue weighted by atomic mass is 19.2. The maximum Gasteiger partial charge on any atom is 0.492 e. The number of halogens is 2. The molecule has 3 aromatic rings. The van der Waals surface area contributed by atoms with Crippen LogP contribution in [-0.4, -0.2) is 37.6 Å². The normalized spacial score (nSPS) is 17.6. The topological polar surface area (TPSA) is 82.8 Å². The average molecular weight is 532 g/mol. The van der Waals surface area contributed by atoms with Crippen molar-refractivity contribution in [3.63, 3.8) is 0 Å². The number of rotatable bonds is 6. The van der Waals surface area contributed by atoms with E-state index in [9.17, 15) is 13.6 Å². The third-order valence-corrected chi connectivity index (χ3v) is 7.83. The van der Waals surface area contributed by atoms with Gasteiger partial charge in [-0.3, -0.25) is 0 Å². The van der Waals surface area contributed by atoms with E-state index < -0.39 is 36.0 Å². The highest BCUT2D eigenvalue weighted by Gasteiger charge is 2.52. The van der Waals surface area contributed by atoms with Crippen molar-refractivity contribution in [3.8, 4) is 11.1 Å². The molecule has 1 saturated heterocycles. The molecule has 2 aliphatic rings. The van der Waals surface area contributed by atoms with Gasteiger partial charge in [-0.05, 0) is 67.6 Å². The summed E-state index contributed by atoms with van der Waals surface area (Å²) in [5.74, 6) is -2.22. The number of amides is 1. The molecule has 0 spiro atoms. The van der Waals surface area contributed by atoms with Crippen molar-refractivity contribution in [2.24, 2.45) is 0 Å². The number of fused-ring (bicyclic) bond motifs is 3. The van der Waals surface area contributed by atoms with Gasteiger partial charge < -0.3 is 25.1 Å². The van der Waals surface area contributed by atoms with E-state index in [-0.39, 0.29) is 30.3 Å². The fourth-order valence-corrected chi connectivity index (χ4v) is 4.93. The Kier molecular flexibility index (Phi) is 6.99. The smallest absolute Gasteiger partial charge is 0.449 e. The van der Waals surface area contributed by atoms with Crippen LogP contribution in [0.15, 0.2) is 66.1 Å². The molecule has 0 aromatic heterocycles. The van der Waals surface area contributed by atoms with Gasteiger partial charge in [0.1, 0.15) is 6.61 Å². The number of nitrogens with two attached hydrogens (primary N) is 1. The lowest BCUT2D eigenvalue weighted by Gasteiger charge is -2.32. The predicted octanol–water partition coefficient (Wildman–Crippen LogP) is 6.10. The third kappa shape index (κ3) is 5.04. The molecular weight excluding hydrogens is 501 g/mol. The number of carbonyl (C=O) groups excluding carboxylic acids is 1. The largest absolute Gasteiger partial charge is 0.492 e. The second kappa shape index (κ2) is 10.1. The molecule has 1 fully saturated rings. The Balaban J connectivity index is 1.34. The quantitative estimate of drug-likeness (QED) is 0.296. The molecule has 3 aromatic carbocycles. The van der Waals surface area contributed by atoms with Gasteiger partial charge in [0.05, 0.1) is 11.2 Å². The summed E-state index contributed by atoms with van der Waals surface area (Å²) in [5.41, 5.74) is 9.29. The Hall–Kier alpha value is -3.69. The third-order valence-electron chi connectivity index (χ3n) is 7.83. The monoisotopic (exact) mass is 532 g/mol. The van der Waals surface area contributed by atoms with Crippen molar-refractivity contribution in [2.45, 2.75) is 44.8 Å². The Labute approximate surface area is 227 Å². The van der Waals surface area contributed by atoms with Gasteiger partial charge in [-0.15, -0.1) is 0 Å². The molecule has 9 heteroatoms. The minimum absolute atomic E-state index is 0.0454. The van der Waals surface area contributed by atoms with Gasteiger partial charge in [-0.25, -0.2) is 13.6 Å². The number of hydrogen-bond donors (Lipinski definition) is 2. The van der Waals surface area contributed by atoms with E-state index in [4.69, 9.17) is 19.8 Å². The average Bonchev–Trinajstić information content (AvgIpc) is 3.33. The highest BCUT2D eigenvalue weighted by molar-refractivity contribution is 6.56. The Morgan fingerprint density at radius 1 is 0.974 bits per heavy atom. The molecule has 1 aliphatic carbocycles. The maximum absolute atomic E-state index is 14.7. The molecule has 0 unspecified atom stereocenters. The highest BCUT2D eigenvalue weighted by Crippen LogP contribution is 2.44. The molecule has 6 nitrogen and oxygen atoms in total. The van der Waals surface area contributed by atoms with Crippen LogP contribution in [-0.2, 0) is 14.0 Å². The lowest BCUT2D eigenvalue weighted by molar-refractivity contribution is 0.00578. The molecule has 1 heterocycles. The fourth-order valence-electron chi connectivity index (χ4n) is 4.93. The van der Waals surface area contributed by atoms with Gasteiger partial charge in [0.15, 0.2) is 11.6 Å². The van der Waals surface area contributed by atoms with Crippen LogP contribution in [0.2, 0.25) is 0 Å². The van der Waals surface area contributed by atoms with Crippen LogP contribution in [0.4, 0.5) is 19.3 Å². The van der Waals surface area contributed by atoms with Gasteiger partial charge in [-0.2, -0.15) is 0 Å². The number of hydrogen-bond acceptors (Lipinski definition) is 5. The molecule has 1 amide bonds. The van der Waals surface area contributed by atoms with Gasteiger partial charge in [-0.1, -0.05) is 54.6 Å². The second-order valence-electron chi connectivity index (χ2n) is 10.9. The van der Waals surface area contributed by atoms with E-state index in [1.807, 2.05) is 64.1 Å². The van der Waals surface area contributed by atoms with Crippen LogP contribution in [0.25, 0.3) is 17.2 Å². The summed E-state index contributed by atoms with van der Waals surface area (Å²) in [6.07, 6.45) is 0.701. The lowest BCUT2D eigenvalue weighted by Crippen LogP contribution is -2.41. The molecule has 5 rings (SSSR count). The number of alkyl carbamates (subject to hydrolysis) is 1. The van der Waals surface area contributed by atoms with E-state index in [0.717, 1.165) is 28.3 Å². The maximum atomic E-state index is 14.7. The van der Waals surface area contributed by atoms with E-state index in [1.54, 1.807) is 0 Å². The molecular formula is C30H31BF2N2O4. The standard InChI is InChI=1S/C30H31BF2N2O4/c1-29(2)30(3,4)39-31(38-29)18(15-23-26(34)14-13-25(32)27(23)33)16-35-28(36)37-17-24-21-11-7-5-9-19(21)20-10-6-8-12-22(20)24/h5-15,24H,16-17,34H2,1-4H3,(H,35,36).